The van der Waals surface area contributed by atoms with Gasteiger partial charge in [0.05, 0.1) is 11.8 Å². The molecule has 2 amide bonds. The first-order valence-electron chi connectivity index (χ1n) is 8.88. The van der Waals surface area contributed by atoms with Gasteiger partial charge >= 0.3 is 6.18 Å². The van der Waals surface area contributed by atoms with Crippen LogP contribution in [-0.2, 0) is 9.59 Å². The molecule has 4 heterocycles. The lowest BCUT2D eigenvalue weighted by Gasteiger charge is -2.58. The number of piperidine rings is 1. The van der Waals surface area contributed by atoms with Crippen LogP contribution >= 0.6 is 0 Å². The number of carbonyl (C=O) groups excluding carboxylic acids is 2. The summed E-state index contributed by atoms with van der Waals surface area (Å²) >= 11 is 0. The maximum absolute atomic E-state index is 14.4. The van der Waals surface area contributed by atoms with E-state index in [9.17, 15) is 22.8 Å². The van der Waals surface area contributed by atoms with Gasteiger partial charge in [-0.2, -0.15) is 13.2 Å². The zero-order valence-corrected chi connectivity index (χ0v) is 15.1. The molecule has 2 bridgehead atoms. The topological polar surface area (TPSA) is 59.1 Å². The molecule has 6 nitrogen and oxygen atoms in total. The molecule has 1 aliphatic carbocycles. The normalized spacial score (nSPS) is 36.4. The number of benzene rings is 1. The molecule has 1 aromatic carbocycles. The van der Waals surface area contributed by atoms with Gasteiger partial charge in [0.2, 0.25) is 18.6 Å². The minimum atomic E-state index is -4.73. The number of hydrogen-bond acceptors (Lipinski definition) is 5. The van der Waals surface area contributed by atoms with E-state index < -0.39 is 47.3 Å². The van der Waals surface area contributed by atoms with E-state index in [-0.39, 0.29) is 6.79 Å². The lowest BCUT2D eigenvalue weighted by Crippen LogP contribution is -2.70. The Morgan fingerprint density at radius 3 is 2.54 bits per heavy atom. The Balaban J connectivity index is 1.70. The van der Waals surface area contributed by atoms with Gasteiger partial charge in [0.15, 0.2) is 11.5 Å². The number of amides is 2. The third kappa shape index (κ3) is 1.87. The molecule has 1 aromatic rings. The molecule has 2 saturated heterocycles. The minimum Gasteiger partial charge on any atom is -0.454 e. The van der Waals surface area contributed by atoms with Gasteiger partial charge in [0.25, 0.3) is 0 Å². The zero-order chi connectivity index (χ0) is 20.0. The van der Waals surface area contributed by atoms with Crippen molar-refractivity contribution in [3.63, 3.8) is 0 Å². The Kier molecular flexibility index (Phi) is 3.31. The van der Waals surface area contributed by atoms with Crippen molar-refractivity contribution in [1.82, 2.24) is 9.80 Å². The van der Waals surface area contributed by atoms with Crippen LogP contribution in [0.3, 0.4) is 0 Å². The lowest BCUT2D eigenvalue weighted by molar-refractivity contribution is -0.257. The molecule has 0 unspecified atom stereocenters. The molecule has 5 aliphatic rings. The summed E-state index contributed by atoms with van der Waals surface area (Å²) in [7, 11) is 2.62. The predicted molar refractivity (Wildman–Crippen MR) is 89.2 cm³/mol. The van der Waals surface area contributed by atoms with Gasteiger partial charge in [-0.25, -0.2) is 0 Å². The second kappa shape index (κ2) is 5.28. The van der Waals surface area contributed by atoms with E-state index in [4.69, 9.17) is 9.47 Å². The lowest BCUT2D eigenvalue weighted by atomic mass is 9.58. The fourth-order valence-electron chi connectivity index (χ4n) is 5.31. The summed E-state index contributed by atoms with van der Waals surface area (Å²) in [6.07, 6.45) is -2.22. The van der Waals surface area contributed by atoms with Crippen LogP contribution in [0.2, 0.25) is 0 Å². The second-order valence-electron chi connectivity index (χ2n) is 7.67. The highest BCUT2D eigenvalue weighted by Gasteiger charge is 2.75. The molecule has 0 radical (unpaired) electrons. The van der Waals surface area contributed by atoms with Crippen LogP contribution in [0.1, 0.15) is 11.6 Å². The SMILES string of the molecule is CN1C(=O)[C@@H]2[C@@H]3C=C[C@](C(F)(F)F)([C@@H]2C1=O)N(C)[C@H]3c1ccc2c(c1)OCO2. The number of rotatable bonds is 1. The first-order valence-corrected chi connectivity index (χ1v) is 8.88. The molecular weight excluding hydrogens is 377 g/mol. The van der Waals surface area contributed by atoms with Crippen molar-refractivity contribution in [2.24, 2.45) is 17.8 Å². The molecule has 5 atom stereocenters. The van der Waals surface area contributed by atoms with Crippen LogP contribution in [0, 0.1) is 17.8 Å². The highest BCUT2D eigenvalue weighted by Crippen LogP contribution is 2.62. The molecule has 6 rings (SSSR count). The number of alkyl halides is 3. The van der Waals surface area contributed by atoms with Crippen molar-refractivity contribution < 1.29 is 32.2 Å². The van der Waals surface area contributed by atoms with Gasteiger partial charge < -0.3 is 9.47 Å². The van der Waals surface area contributed by atoms with Gasteiger partial charge in [-0.3, -0.25) is 19.4 Å². The predicted octanol–water partition coefficient (Wildman–Crippen LogP) is 2.12. The number of halogens is 3. The third-order valence-electron chi connectivity index (χ3n) is 6.59. The average molecular weight is 394 g/mol. The smallest absolute Gasteiger partial charge is 0.411 e. The van der Waals surface area contributed by atoms with Crippen LogP contribution in [0.25, 0.3) is 0 Å². The van der Waals surface area contributed by atoms with Crippen molar-refractivity contribution >= 4 is 11.8 Å². The van der Waals surface area contributed by atoms with Crippen molar-refractivity contribution in [2.45, 2.75) is 17.8 Å². The number of imide groups is 1. The second-order valence-corrected chi connectivity index (χ2v) is 7.67. The fraction of sp³-hybridized carbons (Fsp3) is 0.474. The highest BCUT2D eigenvalue weighted by molar-refractivity contribution is 6.06. The summed E-state index contributed by atoms with van der Waals surface area (Å²) in [6.45, 7) is 0.0532. The van der Waals surface area contributed by atoms with Gasteiger partial charge in [-0.1, -0.05) is 18.2 Å². The molecule has 0 aromatic heterocycles. The van der Waals surface area contributed by atoms with Crippen molar-refractivity contribution in [2.75, 3.05) is 20.9 Å². The molecule has 4 aliphatic heterocycles. The van der Waals surface area contributed by atoms with Crippen LogP contribution < -0.4 is 9.47 Å². The summed E-state index contributed by atoms with van der Waals surface area (Å²) in [5.74, 6) is -3.43. The Morgan fingerprint density at radius 2 is 1.82 bits per heavy atom. The van der Waals surface area contributed by atoms with Crippen LogP contribution in [0.15, 0.2) is 30.4 Å². The van der Waals surface area contributed by atoms with E-state index in [1.807, 2.05) is 0 Å². The highest BCUT2D eigenvalue weighted by atomic mass is 19.4. The maximum Gasteiger partial charge on any atom is 0.411 e. The number of nitrogens with zero attached hydrogens (tertiary/aromatic N) is 2. The Labute approximate surface area is 158 Å². The number of ether oxygens (including phenoxy) is 2. The van der Waals surface area contributed by atoms with Crippen molar-refractivity contribution in [1.29, 1.82) is 0 Å². The maximum atomic E-state index is 14.4. The molecule has 2 fully saturated rings. The number of carbonyl (C=O) groups is 2. The number of likely N-dealkylation sites (N-methyl/N-ethyl adjacent to an activating group) is 1. The molecule has 148 valence electrons. The largest absolute Gasteiger partial charge is 0.454 e. The zero-order valence-electron chi connectivity index (χ0n) is 15.1. The standard InChI is InChI=1S/C19H17F3N2O4/c1-23-16(25)13-10-5-6-18(19(20,21)22,14(13)17(23)26)24(2)15(10)9-3-4-11-12(7-9)28-8-27-11/h3-7,10,13-15H,8H2,1-2H3/t10-,13+,14-,15-,18+/m0/s1. The fourth-order valence-corrected chi connectivity index (χ4v) is 5.31. The Hall–Kier alpha value is -2.55. The average Bonchev–Trinajstić information content (AvgIpc) is 3.20. The van der Waals surface area contributed by atoms with Gasteiger partial charge in [-0.15, -0.1) is 0 Å². The quantitative estimate of drug-likeness (QED) is 0.540. The first kappa shape index (κ1) is 17.5. The molecule has 0 spiro atoms. The Morgan fingerprint density at radius 1 is 1.11 bits per heavy atom. The minimum absolute atomic E-state index is 0.0532. The number of hydrogen-bond donors (Lipinski definition) is 0. The molecule has 9 heteroatoms. The van der Waals surface area contributed by atoms with Crippen LogP contribution in [0.4, 0.5) is 13.2 Å². The first-order chi connectivity index (χ1) is 13.2. The van der Waals surface area contributed by atoms with Gasteiger partial charge in [0, 0.05) is 19.0 Å². The summed E-state index contributed by atoms with van der Waals surface area (Å²) < 4.78 is 53.9. The van der Waals surface area contributed by atoms with Crippen LogP contribution in [0.5, 0.6) is 11.5 Å². The van der Waals surface area contributed by atoms with E-state index in [0.717, 1.165) is 11.0 Å². The summed E-state index contributed by atoms with van der Waals surface area (Å²) in [4.78, 5) is 27.4. The van der Waals surface area contributed by atoms with E-state index in [2.05, 4.69) is 0 Å². The number of likely N-dealkylation sites (tertiary alicyclic amines) is 1. The molecular formula is C19H17F3N2O4. The summed E-state index contributed by atoms with van der Waals surface area (Å²) in [6, 6.07) is 4.27. The summed E-state index contributed by atoms with van der Waals surface area (Å²) in [5, 5.41) is 0. The Bertz CT molecular complexity index is 930. The molecule has 0 saturated carbocycles. The van der Waals surface area contributed by atoms with E-state index in [1.54, 1.807) is 18.2 Å². The van der Waals surface area contributed by atoms with Crippen LogP contribution in [-0.4, -0.2) is 54.2 Å². The summed E-state index contributed by atoms with van der Waals surface area (Å²) in [5.41, 5.74) is -1.95. The van der Waals surface area contributed by atoms with Gasteiger partial charge in [0.1, 0.15) is 5.54 Å². The van der Waals surface area contributed by atoms with Crippen molar-refractivity contribution in [3.05, 3.63) is 35.9 Å². The van der Waals surface area contributed by atoms with E-state index in [1.165, 1.54) is 25.1 Å². The van der Waals surface area contributed by atoms with Gasteiger partial charge in [-0.05, 0) is 24.7 Å². The van der Waals surface area contributed by atoms with E-state index in [0.29, 0.717) is 17.1 Å². The van der Waals surface area contributed by atoms with Crippen molar-refractivity contribution in [3.8, 4) is 11.5 Å². The molecule has 28 heavy (non-hydrogen) atoms. The third-order valence-corrected chi connectivity index (χ3v) is 6.59. The monoisotopic (exact) mass is 394 g/mol. The van der Waals surface area contributed by atoms with E-state index >= 15 is 0 Å². The number of fused-ring (bicyclic) bond motifs is 2. The molecule has 0 N–H and O–H groups in total.